The summed E-state index contributed by atoms with van der Waals surface area (Å²) in [4.78, 5) is 0. The van der Waals surface area contributed by atoms with Gasteiger partial charge in [-0.3, -0.25) is 0 Å². The van der Waals surface area contributed by atoms with E-state index in [4.69, 9.17) is 13.6 Å². The van der Waals surface area contributed by atoms with Crippen molar-refractivity contribution in [3.63, 3.8) is 0 Å². The van der Waals surface area contributed by atoms with Crippen LogP contribution < -0.4 is 5.73 Å². The zero-order chi connectivity index (χ0) is 7.44. The summed E-state index contributed by atoms with van der Waals surface area (Å²) in [6.07, 6.45) is 0. The first-order valence-corrected chi connectivity index (χ1v) is 3.55. The minimum absolute atomic E-state index is 0.231. The van der Waals surface area contributed by atoms with Crippen LogP contribution in [0.5, 0.6) is 0 Å². The molecular formula is C7H16BN. The van der Waals surface area contributed by atoms with Crippen LogP contribution in [0.15, 0.2) is 0 Å². The fourth-order valence-electron chi connectivity index (χ4n) is 1.09. The minimum atomic E-state index is 0.231. The molecule has 52 valence electrons. The molecule has 2 N–H and O–H groups in total. The highest BCUT2D eigenvalue weighted by Gasteiger charge is 2.13. The summed E-state index contributed by atoms with van der Waals surface area (Å²) in [6, 6.07) is 0. The van der Waals surface area contributed by atoms with Gasteiger partial charge in [-0.25, -0.2) is 0 Å². The molecule has 0 bridgehead atoms. The van der Waals surface area contributed by atoms with Crippen LogP contribution in [0.25, 0.3) is 0 Å². The van der Waals surface area contributed by atoms with Crippen LogP contribution in [-0.2, 0) is 0 Å². The van der Waals surface area contributed by atoms with E-state index in [2.05, 4.69) is 13.8 Å². The van der Waals surface area contributed by atoms with Gasteiger partial charge in [0.05, 0.1) is 7.85 Å². The lowest BCUT2D eigenvalue weighted by atomic mass is 9.73. The van der Waals surface area contributed by atoms with Gasteiger partial charge in [-0.05, 0) is 18.4 Å². The Bertz CT molecular complexity index is 63.3. The molecule has 0 aromatic heterocycles. The first-order valence-electron chi connectivity index (χ1n) is 3.55. The molecular weight excluding hydrogens is 109 g/mol. The third-order valence-corrected chi connectivity index (χ3v) is 1.80. The molecule has 2 heteroatoms. The highest BCUT2D eigenvalue weighted by atomic mass is 14.6. The SMILES string of the molecule is [B]C(C)[C@@H](CN)C(C)C. The molecule has 0 aliphatic rings. The van der Waals surface area contributed by atoms with E-state index in [1.807, 2.05) is 6.92 Å². The molecule has 0 heterocycles. The average Bonchev–Trinajstić information content (AvgIpc) is 1.64. The van der Waals surface area contributed by atoms with Crippen LogP contribution in [0.4, 0.5) is 0 Å². The van der Waals surface area contributed by atoms with Crippen LogP contribution in [0.2, 0.25) is 5.82 Å². The first-order chi connectivity index (χ1) is 4.09. The minimum Gasteiger partial charge on any atom is -0.330 e. The Morgan fingerprint density at radius 2 is 1.78 bits per heavy atom. The molecule has 2 atom stereocenters. The van der Waals surface area contributed by atoms with Crippen molar-refractivity contribution in [3.05, 3.63) is 0 Å². The van der Waals surface area contributed by atoms with Gasteiger partial charge in [0.2, 0.25) is 0 Å². The second kappa shape index (κ2) is 3.94. The second-order valence-corrected chi connectivity index (χ2v) is 3.00. The van der Waals surface area contributed by atoms with Crippen molar-refractivity contribution in [2.45, 2.75) is 26.6 Å². The predicted octanol–water partition coefficient (Wildman–Crippen LogP) is 1.19. The van der Waals surface area contributed by atoms with Crippen LogP contribution in [0.1, 0.15) is 20.8 Å². The van der Waals surface area contributed by atoms with E-state index >= 15 is 0 Å². The number of rotatable bonds is 3. The highest BCUT2D eigenvalue weighted by molar-refractivity contribution is 6.11. The summed E-state index contributed by atoms with van der Waals surface area (Å²) in [5, 5.41) is 0. The van der Waals surface area contributed by atoms with Crippen LogP contribution in [0, 0.1) is 11.8 Å². The van der Waals surface area contributed by atoms with Gasteiger partial charge in [0.1, 0.15) is 0 Å². The number of nitrogens with two attached hydrogens (primary N) is 1. The van der Waals surface area contributed by atoms with Crippen molar-refractivity contribution in [1.82, 2.24) is 0 Å². The van der Waals surface area contributed by atoms with Crippen molar-refractivity contribution < 1.29 is 0 Å². The van der Waals surface area contributed by atoms with Gasteiger partial charge in [-0.15, -0.1) is 0 Å². The summed E-state index contributed by atoms with van der Waals surface area (Å²) in [6.45, 7) is 7.02. The van der Waals surface area contributed by atoms with Crippen molar-refractivity contribution in [2.75, 3.05) is 6.54 Å². The lowest BCUT2D eigenvalue weighted by Crippen LogP contribution is -2.23. The zero-order valence-electron chi connectivity index (χ0n) is 6.59. The van der Waals surface area contributed by atoms with Crippen molar-refractivity contribution in [2.24, 2.45) is 17.6 Å². The van der Waals surface area contributed by atoms with E-state index < -0.39 is 0 Å². The molecule has 2 radical (unpaired) electrons. The van der Waals surface area contributed by atoms with Crippen molar-refractivity contribution >= 4 is 7.85 Å². The van der Waals surface area contributed by atoms with Gasteiger partial charge in [0, 0.05) is 0 Å². The normalized spacial score (nSPS) is 17.9. The van der Waals surface area contributed by atoms with E-state index in [0.29, 0.717) is 18.4 Å². The Morgan fingerprint density at radius 3 is 1.78 bits per heavy atom. The molecule has 0 amide bonds. The molecule has 1 nitrogen and oxygen atoms in total. The molecule has 0 fully saturated rings. The fourth-order valence-corrected chi connectivity index (χ4v) is 1.09. The van der Waals surface area contributed by atoms with Crippen molar-refractivity contribution in [3.8, 4) is 0 Å². The number of hydrogen-bond acceptors (Lipinski definition) is 1. The maximum absolute atomic E-state index is 5.67. The molecule has 0 saturated carbocycles. The molecule has 0 spiro atoms. The zero-order valence-corrected chi connectivity index (χ0v) is 6.59. The van der Waals surface area contributed by atoms with Gasteiger partial charge >= 0.3 is 0 Å². The third-order valence-electron chi connectivity index (χ3n) is 1.80. The Hall–Kier alpha value is 0.0249. The maximum Gasteiger partial charge on any atom is 0.0700 e. The predicted molar refractivity (Wildman–Crippen MR) is 42.6 cm³/mol. The van der Waals surface area contributed by atoms with Gasteiger partial charge in [-0.1, -0.05) is 26.6 Å². The third kappa shape index (κ3) is 2.90. The van der Waals surface area contributed by atoms with Gasteiger partial charge in [0.25, 0.3) is 0 Å². The number of hydrogen-bond donors (Lipinski definition) is 1. The Morgan fingerprint density at radius 1 is 1.33 bits per heavy atom. The van der Waals surface area contributed by atoms with Crippen molar-refractivity contribution in [1.29, 1.82) is 0 Å². The molecule has 0 saturated heterocycles. The molecule has 0 rings (SSSR count). The van der Waals surface area contributed by atoms with E-state index in [9.17, 15) is 0 Å². The fraction of sp³-hybridized carbons (Fsp3) is 1.00. The van der Waals surface area contributed by atoms with Crippen LogP contribution in [0.3, 0.4) is 0 Å². The van der Waals surface area contributed by atoms with E-state index in [1.165, 1.54) is 0 Å². The molecule has 0 aliphatic heterocycles. The van der Waals surface area contributed by atoms with Gasteiger partial charge in [0.15, 0.2) is 0 Å². The summed E-state index contributed by atoms with van der Waals surface area (Å²) >= 11 is 0. The first kappa shape index (κ1) is 9.02. The Balaban J connectivity index is 3.68. The Kier molecular flexibility index (Phi) is 3.95. The summed E-state index contributed by atoms with van der Waals surface area (Å²) in [5.74, 6) is 1.31. The van der Waals surface area contributed by atoms with E-state index in [0.717, 1.165) is 0 Å². The average molecular weight is 125 g/mol. The largest absolute Gasteiger partial charge is 0.330 e. The van der Waals surface area contributed by atoms with E-state index in [-0.39, 0.29) is 5.82 Å². The lowest BCUT2D eigenvalue weighted by Gasteiger charge is -2.22. The molecule has 1 unspecified atom stereocenters. The quantitative estimate of drug-likeness (QED) is 0.563. The maximum atomic E-state index is 5.67. The summed E-state index contributed by atoms with van der Waals surface area (Å²) in [5.41, 5.74) is 5.49. The summed E-state index contributed by atoms with van der Waals surface area (Å²) in [7, 11) is 5.67. The summed E-state index contributed by atoms with van der Waals surface area (Å²) < 4.78 is 0. The lowest BCUT2D eigenvalue weighted by molar-refractivity contribution is 0.383. The van der Waals surface area contributed by atoms with Gasteiger partial charge in [-0.2, -0.15) is 0 Å². The Labute approximate surface area is 59.4 Å². The molecule has 0 aromatic carbocycles. The molecule has 0 aliphatic carbocycles. The topological polar surface area (TPSA) is 26.0 Å². The van der Waals surface area contributed by atoms with Gasteiger partial charge < -0.3 is 5.73 Å². The van der Waals surface area contributed by atoms with E-state index in [1.54, 1.807) is 0 Å². The highest BCUT2D eigenvalue weighted by Crippen LogP contribution is 2.20. The monoisotopic (exact) mass is 125 g/mol. The molecule has 0 aromatic rings. The van der Waals surface area contributed by atoms with Crippen LogP contribution in [-0.4, -0.2) is 14.4 Å². The molecule has 9 heavy (non-hydrogen) atoms. The smallest absolute Gasteiger partial charge is 0.0700 e. The standard InChI is InChI=1S/C7H16BN/c1-5(2)7(4-9)6(3)8/h5-7H,4,9H2,1-3H3/t6?,7-/m0/s1. The van der Waals surface area contributed by atoms with Crippen LogP contribution >= 0.6 is 0 Å². The second-order valence-electron chi connectivity index (χ2n) is 3.00.